The molecule has 0 aliphatic heterocycles. The summed E-state index contributed by atoms with van der Waals surface area (Å²) in [5.74, 6) is -0.880. The number of carbonyl (C=O) groups excluding carboxylic acids is 1. The van der Waals surface area contributed by atoms with Crippen LogP contribution in [0.4, 0.5) is 22.0 Å². The number of esters is 1. The predicted molar refractivity (Wildman–Crippen MR) is 71.3 cm³/mol. The molecule has 0 spiro atoms. The molecule has 0 aromatic carbocycles. The van der Waals surface area contributed by atoms with E-state index in [4.69, 9.17) is 0 Å². The number of hydrogen-bond acceptors (Lipinski definition) is 4. The van der Waals surface area contributed by atoms with Gasteiger partial charge in [0, 0.05) is 4.90 Å². The number of thioether (sulfide) groups is 1. The summed E-state index contributed by atoms with van der Waals surface area (Å²) in [5, 5.41) is 0. The van der Waals surface area contributed by atoms with Crippen molar-refractivity contribution in [3.05, 3.63) is 22.5 Å². The third kappa shape index (κ3) is 3.88. The molecule has 0 N–H and O–H groups in total. The molecule has 0 saturated carbocycles. The second kappa shape index (κ2) is 7.26. The number of ether oxygens (including phenoxy) is 1. The molecule has 22 heavy (non-hydrogen) atoms. The summed E-state index contributed by atoms with van der Waals surface area (Å²) in [4.78, 5) is 14.7. The largest absolute Gasteiger partial charge is 0.462 e. The number of aromatic nitrogens is 1. The van der Waals surface area contributed by atoms with Crippen molar-refractivity contribution in [1.82, 2.24) is 4.98 Å². The summed E-state index contributed by atoms with van der Waals surface area (Å²) in [6, 6.07) is 0. The number of alkyl halides is 5. The number of hydrogen-bond donors (Lipinski definition) is 0. The first-order valence-corrected chi connectivity index (χ1v) is 7.33. The lowest BCUT2D eigenvalue weighted by molar-refractivity contribution is -0.142. The molecule has 1 rings (SSSR count). The van der Waals surface area contributed by atoms with Gasteiger partial charge >= 0.3 is 12.1 Å². The molecule has 0 saturated heterocycles. The van der Waals surface area contributed by atoms with Gasteiger partial charge in [-0.3, -0.25) is 0 Å². The van der Waals surface area contributed by atoms with Gasteiger partial charge in [-0.2, -0.15) is 13.2 Å². The third-order valence-electron chi connectivity index (χ3n) is 2.66. The predicted octanol–water partition coefficient (Wildman–Crippen LogP) is 4.64. The van der Waals surface area contributed by atoms with Crippen molar-refractivity contribution < 1.29 is 31.5 Å². The Morgan fingerprint density at radius 1 is 1.32 bits per heavy atom. The van der Waals surface area contributed by atoms with Crippen LogP contribution in [-0.2, 0) is 10.9 Å². The minimum Gasteiger partial charge on any atom is -0.462 e. The van der Waals surface area contributed by atoms with E-state index < -0.39 is 35.5 Å². The van der Waals surface area contributed by atoms with Gasteiger partial charge in [-0.1, -0.05) is 6.92 Å². The molecule has 1 aromatic heterocycles. The molecular weight excluding hydrogens is 329 g/mol. The molecule has 1 aromatic rings. The van der Waals surface area contributed by atoms with Crippen molar-refractivity contribution in [2.75, 3.05) is 12.4 Å². The summed E-state index contributed by atoms with van der Waals surface area (Å²) >= 11 is 0.908. The van der Waals surface area contributed by atoms with E-state index in [1.807, 2.05) is 0 Å². The Labute approximate surface area is 128 Å². The minimum atomic E-state index is -5.04. The molecule has 0 fully saturated rings. The molecule has 0 aliphatic carbocycles. The van der Waals surface area contributed by atoms with Crippen molar-refractivity contribution >= 4 is 17.7 Å². The second-order valence-corrected chi connectivity index (χ2v) is 5.40. The van der Waals surface area contributed by atoms with Crippen LogP contribution in [0, 0.1) is 6.92 Å². The molecule has 0 bridgehead atoms. The van der Waals surface area contributed by atoms with E-state index in [9.17, 15) is 26.7 Å². The zero-order chi connectivity index (χ0) is 17.1. The van der Waals surface area contributed by atoms with E-state index >= 15 is 0 Å². The van der Waals surface area contributed by atoms with Gasteiger partial charge in [-0.25, -0.2) is 18.6 Å². The summed E-state index contributed by atoms with van der Waals surface area (Å²) in [7, 11) is 0. The monoisotopic (exact) mass is 343 g/mol. The molecule has 0 aliphatic rings. The molecule has 1 heterocycles. The zero-order valence-corrected chi connectivity index (χ0v) is 12.9. The fourth-order valence-electron chi connectivity index (χ4n) is 1.84. The zero-order valence-electron chi connectivity index (χ0n) is 12.1. The van der Waals surface area contributed by atoms with Crippen molar-refractivity contribution in [1.29, 1.82) is 0 Å². The summed E-state index contributed by atoms with van der Waals surface area (Å²) < 4.78 is 69.8. The van der Waals surface area contributed by atoms with Gasteiger partial charge in [0.1, 0.15) is 5.69 Å². The van der Waals surface area contributed by atoms with Gasteiger partial charge in [-0.05, 0) is 25.2 Å². The van der Waals surface area contributed by atoms with E-state index in [1.54, 1.807) is 6.92 Å². The number of rotatable bonds is 5. The van der Waals surface area contributed by atoms with E-state index in [-0.39, 0.29) is 17.1 Å². The quantitative estimate of drug-likeness (QED) is 0.444. The maximum atomic E-state index is 13.1. The van der Waals surface area contributed by atoms with Crippen LogP contribution in [-0.4, -0.2) is 23.3 Å². The average Bonchev–Trinajstić information content (AvgIpc) is 2.39. The first-order valence-electron chi connectivity index (χ1n) is 6.34. The molecule has 9 heteroatoms. The normalized spacial score (nSPS) is 11.9. The van der Waals surface area contributed by atoms with E-state index in [0.29, 0.717) is 5.75 Å². The second-order valence-electron chi connectivity index (χ2n) is 4.13. The number of halogens is 5. The van der Waals surface area contributed by atoms with Gasteiger partial charge in [0.15, 0.2) is 5.69 Å². The van der Waals surface area contributed by atoms with E-state index in [2.05, 4.69) is 9.72 Å². The Hall–Kier alpha value is -1.38. The highest BCUT2D eigenvalue weighted by Crippen LogP contribution is 2.39. The molecule has 0 unspecified atom stereocenters. The van der Waals surface area contributed by atoms with Crippen LogP contribution in [0.15, 0.2) is 4.90 Å². The van der Waals surface area contributed by atoms with Crippen molar-refractivity contribution in [3.63, 3.8) is 0 Å². The Kier molecular flexibility index (Phi) is 6.16. The lowest BCUT2D eigenvalue weighted by atomic mass is 10.1. The fraction of sp³-hybridized carbons (Fsp3) is 0.538. The number of carbonyl (C=O) groups is 1. The van der Waals surface area contributed by atoms with Crippen molar-refractivity contribution in [2.24, 2.45) is 0 Å². The van der Waals surface area contributed by atoms with Crippen LogP contribution < -0.4 is 0 Å². The highest BCUT2D eigenvalue weighted by molar-refractivity contribution is 7.99. The molecule has 3 nitrogen and oxygen atoms in total. The summed E-state index contributed by atoms with van der Waals surface area (Å²) in [6.07, 6.45) is -8.21. The Balaban J connectivity index is 3.71. The third-order valence-corrected chi connectivity index (χ3v) is 3.75. The van der Waals surface area contributed by atoms with Crippen LogP contribution in [0.1, 0.15) is 47.6 Å². The Bertz CT molecular complexity index is 560. The number of pyridine rings is 1. The van der Waals surface area contributed by atoms with Gasteiger partial charge in [0.05, 0.1) is 12.2 Å². The Morgan fingerprint density at radius 2 is 1.91 bits per heavy atom. The van der Waals surface area contributed by atoms with Crippen LogP contribution in [0.3, 0.4) is 0 Å². The van der Waals surface area contributed by atoms with Gasteiger partial charge in [0.2, 0.25) is 0 Å². The van der Waals surface area contributed by atoms with Crippen LogP contribution in [0.25, 0.3) is 0 Å². The lowest BCUT2D eigenvalue weighted by Crippen LogP contribution is -2.21. The van der Waals surface area contributed by atoms with Crippen LogP contribution in [0.2, 0.25) is 0 Å². The lowest BCUT2D eigenvalue weighted by Gasteiger charge is -2.19. The van der Waals surface area contributed by atoms with Gasteiger partial charge < -0.3 is 4.74 Å². The maximum absolute atomic E-state index is 13.1. The SMILES string of the molecule is CCOC(=O)c1c(C(F)(F)F)nc(C(F)F)c(SCC)c1C. The standard InChI is InChI=1S/C13H14F5NO2S/c1-4-21-12(20)7-6(3)9(22-5-2)8(11(14)15)19-10(7)13(16,17)18/h11H,4-5H2,1-3H3. The molecule has 124 valence electrons. The first-order chi connectivity index (χ1) is 10.1. The van der Waals surface area contributed by atoms with Crippen LogP contribution >= 0.6 is 11.8 Å². The first kappa shape index (κ1) is 18.7. The summed E-state index contributed by atoms with van der Waals surface area (Å²) in [6.45, 7) is 4.14. The highest BCUT2D eigenvalue weighted by atomic mass is 32.2. The Morgan fingerprint density at radius 3 is 2.32 bits per heavy atom. The molecular formula is C13H14F5NO2S. The molecule has 0 amide bonds. The molecule has 0 radical (unpaired) electrons. The smallest absolute Gasteiger partial charge is 0.434 e. The average molecular weight is 343 g/mol. The molecule has 0 atom stereocenters. The van der Waals surface area contributed by atoms with Gasteiger partial charge in [-0.15, -0.1) is 11.8 Å². The maximum Gasteiger partial charge on any atom is 0.434 e. The van der Waals surface area contributed by atoms with Crippen molar-refractivity contribution in [2.45, 2.75) is 38.3 Å². The van der Waals surface area contributed by atoms with Gasteiger partial charge in [0.25, 0.3) is 6.43 Å². The van der Waals surface area contributed by atoms with E-state index in [0.717, 1.165) is 11.8 Å². The van der Waals surface area contributed by atoms with E-state index in [1.165, 1.54) is 13.8 Å². The van der Waals surface area contributed by atoms with Crippen LogP contribution in [0.5, 0.6) is 0 Å². The van der Waals surface area contributed by atoms with Crippen molar-refractivity contribution in [3.8, 4) is 0 Å². The minimum absolute atomic E-state index is 0.117. The summed E-state index contributed by atoms with van der Waals surface area (Å²) in [5.41, 5.74) is -3.61. The fourth-order valence-corrected chi connectivity index (χ4v) is 2.73. The highest BCUT2D eigenvalue weighted by Gasteiger charge is 2.41. The topological polar surface area (TPSA) is 39.2 Å². The number of nitrogens with zero attached hydrogens (tertiary/aromatic N) is 1.